The van der Waals surface area contributed by atoms with E-state index in [-0.39, 0.29) is 23.6 Å². The number of benzene rings is 1. The van der Waals surface area contributed by atoms with Gasteiger partial charge in [0, 0.05) is 18.9 Å². The summed E-state index contributed by atoms with van der Waals surface area (Å²) in [7, 11) is -2.18. The second kappa shape index (κ2) is 6.74. The van der Waals surface area contributed by atoms with Gasteiger partial charge in [-0.2, -0.15) is 4.31 Å². The van der Waals surface area contributed by atoms with Crippen LogP contribution in [-0.4, -0.2) is 49.0 Å². The van der Waals surface area contributed by atoms with Gasteiger partial charge in [0.15, 0.2) is 0 Å². The largest absolute Gasteiger partial charge is 0.495 e. The highest BCUT2D eigenvalue weighted by molar-refractivity contribution is 7.89. The van der Waals surface area contributed by atoms with Crippen LogP contribution in [0.25, 0.3) is 0 Å². The summed E-state index contributed by atoms with van der Waals surface area (Å²) in [6.45, 7) is 2.50. The first-order chi connectivity index (χ1) is 11.5. The Labute approximate surface area is 141 Å². The highest BCUT2D eigenvalue weighted by atomic mass is 32.2. The van der Waals surface area contributed by atoms with E-state index in [1.165, 1.54) is 11.4 Å². The van der Waals surface area contributed by atoms with Crippen molar-refractivity contribution in [2.24, 2.45) is 0 Å². The minimum absolute atomic E-state index is 0.182. The van der Waals surface area contributed by atoms with E-state index >= 15 is 0 Å². The molecule has 0 unspecified atom stereocenters. The lowest BCUT2D eigenvalue weighted by atomic mass is 10.2. The number of ether oxygens (including phenoxy) is 2. The minimum Gasteiger partial charge on any atom is -0.495 e. The lowest BCUT2D eigenvalue weighted by molar-refractivity contribution is 0.197. The van der Waals surface area contributed by atoms with Crippen molar-refractivity contribution < 1.29 is 17.9 Å². The molecule has 0 spiro atoms. The lowest BCUT2D eigenvalue weighted by Crippen LogP contribution is -2.31. The molecule has 1 fully saturated rings. The Hall–Kier alpha value is -2.19. The smallest absolute Gasteiger partial charge is 0.316 e. The number of aryl methyl sites for hydroxylation is 1. The summed E-state index contributed by atoms with van der Waals surface area (Å²) in [5.74, 6) is 0.344. The SMILES string of the molecule is COc1ccc(C)cc1S(=O)(=O)N1CC[C@H](Oc2ncccn2)C1. The molecule has 24 heavy (non-hydrogen) atoms. The van der Waals surface area contributed by atoms with Crippen LogP contribution in [-0.2, 0) is 10.0 Å². The van der Waals surface area contributed by atoms with Gasteiger partial charge < -0.3 is 9.47 Å². The third-order valence-corrected chi connectivity index (χ3v) is 5.75. The van der Waals surface area contributed by atoms with Crippen LogP contribution < -0.4 is 9.47 Å². The van der Waals surface area contributed by atoms with E-state index in [0.29, 0.717) is 18.7 Å². The number of sulfonamides is 1. The zero-order chi connectivity index (χ0) is 17.2. The summed E-state index contributed by atoms with van der Waals surface area (Å²) in [6.07, 6.45) is 3.50. The maximum absolute atomic E-state index is 12.9. The minimum atomic E-state index is -3.64. The van der Waals surface area contributed by atoms with Crippen LogP contribution in [0, 0.1) is 6.92 Å². The van der Waals surface area contributed by atoms with Crippen molar-refractivity contribution in [3.05, 3.63) is 42.2 Å². The Balaban J connectivity index is 1.78. The van der Waals surface area contributed by atoms with Gasteiger partial charge in [0.2, 0.25) is 10.0 Å². The number of nitrogens with zero attached hydrogens (tertiary/aromatic N) is 3. The van der Waals surface area contributed by atoms with Crippen molar-refractivity contribution in [3.63, 3.8) is 0 Å². The van der Waals surface area contributed by atoms with Gasteiger partial charge in [0.05, 0.1) is 13.7 Å². The molecule has 2 aromatic rings. The van der Waals surface area contributed by atoms with Crippen LogP contribution in [0.1, 0.15) is 12.0 Å². The Morgan fingerprint density at radius 3 is 2.71 bits per heavy atom. The fourth-order valence-corrected chi connectivity index (χ4v) is 4.36. The Bertz CT molecular complexity index is 811. The van der Waals surface area contributed by atoms with Gasteiger partial charge in [-0.05, 0) is 37.1 Å². The maximum atomic E-state index is 12.9. The van der Waals surface area contributed by atoms with E-state index in [1.807, 2.05) is 13.0 Å². The average molecular weight is 349 g/mol. The molecule has 2 heterocycles. The topological polar surface area (TPSA) is 81.6 Å². The van der Waals surface area contributed by atoms with E-state index in [0.717, 1.165) is 5.56 Å². The van der Waals surface area contributed by atoms with Crippen LogP contribution in [0.2, 0.25) is 0 Å². The molecule has 0 radical (unpaired) electrons. The van der Waals surface area contributed by atoms with Crippen LogP contribution >= 0.6 is 0 Å². The Morgan fingerprint density at radius 2 is 2.00 bits per heavy atom. The molecule has 0 aliphatic carbocycles. The molecular weight excluding hydrogens is 330 g/mol. The monoisotopic (exact) mass is 349 g/mol. The van der Waals surface area contributed by atoms with Crippen LogP contribution in [0.3, 0.4) is 0 Å². The summed E-state index contributed by atoms with van der Waals surface area (Å²) in [5, 5.41) is 0. The third kappa shape index (κ3) is 3.34. The number of hydrogen-bond donors (Lipinski definition) is 0. The fourth-order valence-electron chi connectivity index (χ4n) is 2.63. The zero-order valence-corrected chi connectivity index (χ0v) is 14.4. The molecule has 0 saturated carbocycles. The molecule has 1 aliphatic heterocycles. The number of aromatic nitrogens is 2. The fraction of sp³-hybridized carbons (Fsp3) is 0.375. The highest BCUT2D eigenvalue weighted by Crippen LogP contribution is 2.30. The van der Waals surface area contributed by atoms with Gasteiger partial charge in [-0.1, -0.05) is 6.07 Å². The molecule has 3 rings (SSSR count). The van der Waals surface area contributed by atoms with E-state index in [2.05, 4.69) is 9.97 Å². The second-order valence-corrected chi connectivity index (χ2v) is 7.48. The molecule has 1 aliphatic rings. The molecule has 0 amide bonds. The standard InChI is InChI=1S/C16H19N3O4S/c1-12-4-5-14(22-2)15(10-12)24(20,21)19-9-6-13(11-19)23-16-17-7-3-8-18-16/h3-5,7-8,10,13H,6,9,11H2,1-2H3/t13-/m0/s1. The third-order valence-electron chi connectivity index (χ3n) is 3.86. The molecule has 1 aromatic carbocycles. The predicted molar refractivity (Wildman–Crippen MR) is 87.6 cm³/mol. The lowest BCUT2D eigenvalue weighted by Gasteiger charge is -2.18. The molecule has 0 N–H and O–H groups in total. The van der Waals surface area contributed by atoms with Crippen molar-refractivity contribution >= 4 is 10.0 Å². The second-order valence-electron chi connectivity index (χ2n) is 5.58. The predicted octanol–water partition coefficient (Wildman–Crippen LogP) is 1.64. The van der Waals surface area contributed by atoms with Crippen molar-refractivity contribution in [2.45, 2.75) is 24.3 Å². The zero-order valence-electron chi connectivity index (χ0n) is 13.5. The molecular formula is C16H19N3O4S. The average Bonchev–Trinajstić information content (AvgIpc) is 3.05. The molecule has 1 atom stereocenters. The first-order valence-electron chi connectivity index (χ1n) is 7.59. The van der Waals surface area contributed by atoms with Gasteiger partial charge in [0.25, 0.3) is 0 Å². The van der Waals surface area contributed by atoms with Crippen molar-refractivity contribution in [2.75, 3.05) is 20.2 Å². The van der Waals surface area contributed by atoms with Gasteiger partial charge in [-0.15, -0.1) is 0 Å². The molecule has 7 nitrogen and oxygen atoms in total. The normalized spacial score (nSPS) is 18.5. The van der Waals surface area contributed by atoms with Gasteiger partial charge in [-0.3, -0.25) is 0 Å². The quantitative estimate of drug-likeness (QED) is 0.816. The number of hydrogen-bond acceptors (Lipinski definition) is 6. The highest BCUT2D eigenvalue weighted by Gasteiger charge is 2.35. The van der Waals surface area contributed by atoms with Crippen LogP contribution in [0.5, 0.6) is 11.8 Å². The number of methoxy groups -OCH3 is 1. The summed E-state index contributed by atoms with van der Waals surface area (Å²) in [4.78, 5) is 8.19. The molecule has 1 aromatic heterocycles. The summed E-state index contributed by atoms with van der Waals surface area (Å²) in [5.41, 5.74) is 0.860. The first kappa shape index (κ1) is 16.7. The summed E-state index contributed by atoms with van der Waals surface area (Å²) >= 11 is 0. The summed E-state index contributed by atoms with van der Waals surface area (Å²) < 4.78 is 38.1. The Morgan fingerprint density at radius 1 is 1.25 bits per heavy atom. The molecule has 0 bridgehead atoms. The molecule has 1 saturated heterocycles. The van der Waals surface area contributed by atoms with E-state index in [1.54, 1.807) is 30.6 Å². The van der Waals surface area contributed by atoms with Gasteiger partial charge >= 0.3 is 6.01 Å². The Kier molecular flexibility index (Phi) is 4.68. The molecule has 128 valence electrons. The van der Waals surface area contributed by atoms with E-state index in [4.69, 9.17) is 9.47 Å². The van der Waals surface area contributed by atoms with Crippen molar-refractivity contribution in [1.29, 1.82) is 0 Å². The number of rotatable bonds is 5. The summed E-state index contributed by atoms with van der Waals surface area (Å²) in [6, 6.07) is 7.07. The maximum Gasteiger partial charge on any atom is 0.316 e. The van der Waals surface area contributed by atoms with Crippen LogP contribution in [0.15, 0.2) is 41.6 Å². The van der Waals surface area contributed by atoms with E-state index in [9.17, 15) is 8.42 Å². The van der Waals surface area contributed by atoms with Crippen LogP contribution in [0.4, 0.5) is 0 Å². The molecule has 8 heteroatoms. The van der Waals surface area contributed by atoms with Gasteiger partial charge in [0.1, 0.15) is 16.7 Å². The van der Waals surface area contributed by atoms with E-state index < -0.39 is 10.0 Å². The van der Waals surface area contributed by atoms with Crippen molar-refractivity contribution in [1.82, 2.24) is 14.3 Å². The van der Waals surface area contributed by atoms with Gasteiger partial charge in [-0.25, -0.2) is 18.4 Å². The first-order valence-corrected chi connectivity index (χ1v) is 9.03. The van der Waals surface area contributed by atoms with Crippen molar-refractivity contribution in [3.8, 4) is 11.8 Å².